The summed E-state index contributed by atoms with van der Waals surface area (Å²) in [5.41, 5.74) is 0. The standard InChI is InChI=1S/C8H14FNO2.C2H6/c1-6-3-4-10(5-7(6)9)8(11)12-2;1-2/h6-7H,3-5H2,1-2H3;1-2H3/t6?,7-;/m0./s1. The van der Waals surface area contributed by atoms with Crippen LogP contribution < -0.4 is 0 Å². The smallest absolute Gasteiger partial charge is 0.409 e. The molecule has 0 aromatic heterocycles. The molecule has 1 saturated heterocycles. The zero-order valence-electron chi connectivity index (χ0n) is 9.42. The lowest BCUT2D eigenvalue weighted by molar-refractivity contribution is 0.0709. The van der Waals surface area contributed by atoms with E-state index >= 15 is 0 Å². The van der Waals surface area contributed by atoms with E-state index in [-0.39, 0.29) is 12.5 Å². The highest BCUT2D eigenvalue weighted by Gasteiger charge is 2.28. The number of likely N-dealkylation sites (tertiary alicyclic amines) is 1. The van der Waals surface area contributed by atoms with Gasteiger partial charge in [-0.1, -0.05) is 20.8 Å². The summed E-state index contributed by atoms with van der Waals surface area (Å²) in [5.74, 6) is 0.0610. The van der Waals surface area contributed by atoms with Crippen LogP contribution in [-0.2, 0) is 4.74 Å². The van der Waals surface area contributed by atoms with E-state index in [2.05, 4.69) is 4.74 Å². The molecule has 0 bridgehead atoms. The second-order valence-corrected chi connectivity index (χ2v) is 3.20. The van der Waals surface area contributed by atoms with Gasteiger partial charge in [-0.3, -0.25) is 0 Å². The number of carbonyl (C=O) groups excluding carboxylic acids is 1. The first-order valence-corrected chi connectivity index (χ1v) is 5.12. The largest absolute Gasteiger partial charge is 0.453 e. The topological polar surface area (TPSA) is 29.5 Å². The van der Waals surface area contributed by atoms with E-state index in [4.69, 9.17) is 0 Å². The summed E-state index contributed by atoms with van der Waals surface area (Å²) in [4.78, 5) is 12.4. The molecule has 0 radical (unpaired) electrons. The summed E-state index contributed by atoms with van der Waals surface area (Å²) in [5, 5.41) is 0. The molecule has 1 unspecified atom stereocenters. The van der Waals surface area contributed by atoms with Crippen molar-refractivity contribution >= 4 is 6.09 Å². The van der Waals surface area contributed by atoms with Crippen LogP contribution in [0.5, 0.6) is 0 Å². The van der Waals surface area contributed by atoms with Gasteiger partial charge < -0.3 is 9.64 Å². The van der Waals surface area contributed by atoms with Gasteiger partial charge in [0.2, 0.25) is 0 Å². The van der Waals surface area contributed by atoms with E-state index in [1.54, 1.807) is 0 Å². The highest BCUT2D eigenvalue weighted by atomic mass is 19.1. The lowest BCUT2D eigenvalue weighted by Crippen LogP contribution is -2.44. The minimum absolute atomic E-state index is 0.0610. The fourth-order valence-electron chi connectivity index (χ4n) is 1.32. The number of carbonyl (C=O) groups is 1. The van der Waals surface area contributed by atoms with E-state index in [1.165, 1.54) is 12.0 Å². The molecular weight excluding hydrogens is 185 g/mol. The number of halogens is 1. The van der Waals surface area contributed by atoms with Crippen LogP contribution in [0, 0.1) is 5.92 Å². The Kier molecular flexibility index (Phi) is 6.25. The van der Waals surface area contributed by atoms with Crippen LogP contribution in [0.25, 0.3) is 0 Å². The van der Waals surface area contributed by atoms with Crippen LogP contribution in [-0.4, -0.2) is 37.4 Å². The predicted octanol–water partition coefficient (Wildman–Crippen LogP) is 2.46. The van der Waals surface area contributed by atoms with Gasteiger partial charge in [-0.2, -0.15) is 0 Å². The van der Waals surface area contributed by atoms with Crippen LogP contribution >= 0.6 is 0 Å². The van der Waals surface area contributed by atoms with Crippen molar-refractivity contribution in [3.63, 3.8) is 0 Å². The Morgan fingerprint density at radius 2 is 2.07 bits per heavy atom. The van der Waals surface area contributed by atoms with E-state index in [0.29, 0.717) is 6.54 Å². The fraction of sp³-hybridized carbons (Fsp3) is 0.900. The van der Waals surface area contributed by atoms with Crippen molar-refractivity contribution in [2.24, 2.45) is 5.92 Å². The molecule has 84 valence electrons. The maximum Gasteiger partial charge on any atom is 0.409 e. The molecule has 1 heterocycles. The average molecular weight is 205 g/mol. The van der Waals surface area contributed by atoms with Crippen molar-refractivity contribution in [1.82, 2.24) is 4.90 Å². The van der Waals surface area contributed by atoms with Gasteiger partial charge in [0.05, 0.1) is 13.7 Å². The molecule has 3 nitrogen and oxygen atoms in total. The third kappa shape index (κ3) is 3.52. The number of rotatable bonds is 0. The fourth-order valence-corrected chi connectivity index (χ4v) is 1.32. The second-order valence-electron chi connectivity index (χ2n) is 3.20. The van der Waals surface area contributed by atoms with Gasteiger partial charge in [0.1, 0.15) is 6.17 Å². The van der Waals surface area contributed by atoms with E-state index in [9.17, 15) is 9.18 Å². The van der Waals surface area contributed by atoms with Crippen molar-refractivity contribution in [3.05, 3.63) is 0 Å². The number of nitrogens with zero attached hydrogens (tertiary/aromatic N) is 1. The van der Waals surface area contributed by atoms with E-state index in [0.717, 1.165) is 6.42 Å². The lowest BCUT2D eigenvalue weighted by atomic mass is 9.98. The molecule has 0 aromatic rings. The summed E-state index contributed by atoms with van der Waals surface area (Å²) in [7, 11) is 1.31. The molecule has 1 fully saturated rings. The normalized spacial score (nSPS) is 26.2. The van der Waals surface area contributed by atoms with Crippen molar-refractivity contribution < 1.29 is 13.9 Å². The Morgan fingerprint density at radius 3 is 2.50 bits per heavy atom. The Bertz CT molecular complexity index is 176. The molecule has 0 saturated carbocycles. The first-order valence-electron chi connectivity index (χ1n) is 5.12. The molecule has 0 aromatic carbocycles. The first-order chi connectivity index (χ1) is 6.65. The quantitative estimate of drug-likeness (QED) is 0.608. The summed E-state index contributed by atoms with van der Waals surface area (Å²) in [6, 6.07) is 0. The summed E-state index contributed by atoms with van der Waals surface area (Å²) < 4.78 is 17.6. The minimum atomic E-state index is -0.905. The van der Waals surface area contributed by atoms with Crippen molar-refractivity contribution in [2.45, 2.75) is 33.4 Å². The van der Waals surface area contributed by atoms with Crippen LogP contribution in [0.15, 0.2) is 0 Å². The van der Waals surface area contributed by atoms with Crippen LogP contribution in [0.2, 0.25) is 0 Å². The van der Waals surface area contributed by atoms with Gasteiger partial charge >= 0.3 is 6.09 Å². The zero-order valence-corrected chi connectivity index (χ0v) is 9.42. The molecule has 0 spiro atoms. The SMILES string of the molecule is CC.COC(=O)N1CCC(C)[C@@H](F)C1. The van der Waals surface area contributed by atoms with Gasteiger partial charge in [0.15, 0.2) is 0 Å². The Morgan fingerprint density at radius 1 is 1.50 bits per heavy atom. The third-order valence-electron chi connectivity index (χ3n) is 2.30. The molecule has 14 heavy (non-hydrogen) atoms. The molecule has 2 atom stereocenters. The van der Waals surface area contributed by atoms with Crippen molar-refractivity contribution in [1.29, 1.82) is 0 Å². The number of ether oxygens (including phenoxy) is 1. The molecule has 1 aliphatic heterocycles. The summed E-state index contributed by atoms with van der Waals surface area (Å²) in [6.45, 7) is 6.64. The predicted molar refractivity (Wildman–Crippen MR) is 54.0 cm³/mol. The van der Waals surface area contributed by atoms with Gasteiger partial charge in [-0.05, 0) is 12.3 Å². The average Bonchev–Trinajstić information content (AvgIpc) is 2.24. The molecular formula is C10H20FNO2. The molecule has 1 rings (SSSR count). The van der Waals surface area contributed by atoms with Crippen LogP contribution in [0.3, 0.4) is 0 Å². The Labute approximate surface area is 85.2 Å². The number of piperidine rings is 1. The zero-order chi connectivity index (χ0) is 11.1. The molecule has 1 aliphatic rings. The van der Waals surface area contributed by atoms with Crippen molar-refractivity contribution in [3.8, 4) is 0 Å². The second kappa shape index (κ2) is 6.62. The third-order valence-corrected chi connectivity index (χ3v) is 2.30. The summed E-state index contributed by atoms with van der Waals surface area (Å²) >= 11 is 0. The van der Waals surface area contributed by atoms with E-state index < -0.39 is 12.3 Å². The van der Waals surface area contributed by atoms with Crippen LogP contribution in [0.1, 0.15) is 27.2 Å². The molecule has 4 heteroatoms. The number of alkyl halides is 1. The number of methoxy groups -OCH3 is 1. The van der Waals surface area contributed by atoms with Gasteiger partial charge in [-0.25, -0.2) is 9.18 Å². The number of amides is 1. The highest BCUT2D eigenvalue weighted by Crippen LogP contribution is 2.19. The van der Waals surface area contributed by atoms with Gasteiger partial charge in [0, 0.05) is 6.54 Å². The summed E-state index contributed by atoms with van der Waals surface area (Å²) in [6.07, 6.45) is -0.613. The lowest BCUT2D eigenvalue weighted by Gasteiger charge is -2.31. The Hall–Kier alpha value is -0.800. The van der Waals surface area contributed by atoms with Crippen molar-refractivity contribution in [2.75, 3.05) is 20.2 Å². The maximum absolute atomic E-state index is 13.1. The number of hydrogen-bond acceptors (Lipinski definition) is 2. The maximum atomic E-state index is 13.1. The van der Waals surface area contributed by atoms with Crippen LogP contribution in [0.4, 0.5) is 9.18 Å². The monoisotopic (exact) mass is 205 g/mol. The molecule has 1 amide bonds. The minimum Gasteiger partial charge on any atom is -0.453 e. The molecule has 0 N–H and O–H groups in total. The Balaban J connectivity index is 0.000000791. The van der Waals surface area contributed by atoms with Gasteiger partial charge in [0.25, 0.3) is 0 Å². The molecule has 0 aliphatic carbocycles. The number of hydrogen-bond donors (Lipinski definition) is 0. The first kappa shape index (κ1) is 13.2. The van der Waals surface area contributed by atoms with E-state index in [1.807, 2.05) is 20.8 Å². The van der Waals surface area contributed by atoms with Gasteiger partial charge in [-0.15, -0.1) is 0 Å². The highest BCUT2D eigenvalue weighted by molar-refractivity contribution is 5.67.